The van der Waals surface area contributed by atoms with Crippen LogP contribution in [0.5, 0.6) is 5.88 Å². The minimum Gasteiger partial charge on any atom is -0.475 e. The van der Waals surface area contributed by atoms with Gasteiger partial charge in [-0.1, -0.05) is 11.6 Å². The van der Waals surface area contributed by atoms with E-state index >= 15 is 0 Å². The normalized spacial score (nSPS) is 23.0. The standard InChI is InChI=1S/C16H21ClN6O2/c1-9-3-6-25-15-13(10(2)23(22-15)11-4-5-24-8-11)20-16-18-7-12(17)14(19-9)21-16/h7,9,11H,3-6,8H2,1-2H3,(H2,18,19,20,21)/t9-,11+/m1/s1. The number of aromatic nitrogens is 4. The molecule has 25 heavy (non-hydrogen) atoms. The maximum Gasteiger partial charge on any atom is 0.257 e. The zero-order chi connectivity index (χ0) is 17.4. The topological polar surface area (TPSA) is 86.1 Å². The van der Waals surface area contributed by atoms with Crippen molar-refractivity contribution in [1.29, 1.82) is 0 Å². The van der Waals surface area contributed by atoms with Crippen LogP contribution in [0.15, 0.2) is 6.20 Å². The molecule has 2 aliphatic rings. The van der Waals surface area contributed by atoms with Crippen LogP contribution in [0.3, 0.4) is 0 Å². The number of nitrogens with one attached hydrogen (secondary N) is 2. The number of ether oxygens (including phenoxy) is 2. The third-order valence-corrected chi connectivity index (χ3v) is 4.80. The first-order valence-electron chi connectivity index (χ1n) is 8.47. The number of anilines is 3. The van der Waals surface area contributed by atoms with Crippen molar-refractivity contribution in [2.45, 2.75) is 38.8 Å². The van der Waals surface area contributed by atoms with E-state index < -0.39 is 0 Å². The van der Waals surface area contributed by atoms with Crippen molar-refractivity contribution in [2.75, 3.05) is 30.5 Å². The molecule has 1 fully saturated rings. The van der Waals surface area contributed by atoms with Gasteiger partial charge in [-0.05, 0) is 20.3 Å². The Morgan fingerprint density at radius 3 is 3.00 bits per heavy atom. The molecular formula is C16H21ClN6O2. The second-order valence-electron chi connectivity index (χ2n) is 6.43. The van der Waals surface area contributed by atoms with Crippen molar-refractivity contribution in [3.05, 3.63) is 16.9 Å². The molecule has 2 aliphatic heterocycles. The van der Waals surface area contributed by atoms with Crippen molar-refractivity contribution in [3.63, 3.8) is 0 Å². The monoisotopic (exact) mass is 364 g/mol. The maximum absolute atomic E-state index is 6.20. The van der Waals surface area contributed by atoms with Crippen LogP contribution in [0.2, 0.25) is 5.02 Å². The molecule has 0 aromatic carbocycles. The Hall–Kier alpha value is -2.06. The quantitative estimate of drug-likeness (QED) is 0.804. The predicted molar refractivity (Wildman–Crippen MR) is 95.0 cm³/mol. The second-order valence-corrected chi connectivity index (χ2v) is 6.83. The molecule has 0 aliphatic carbocycles. The van der Waals surface area contributed by atoms with Crippen LogP contribution in [0, 0.1) is 6.92 Å². The fourth-order valence-corrected chi connectivity index (χ4v) is 3.23. The molecule has 0 unspecified atom stereocenters. The summed E-state index contributed by atoms with van der Waals surface area (Å²) in [6, 6.07) is 0.390. The second kappa shape index (κ2) is 6.68. The van der Waals surface area contributed by atoms with Gasteiger partial charge >= 0.3 is 0 Å². The molecule has 1 saturated heterocycles. The van der Waals surface area contributed by atoms with Crippen molar-refractivity contribution in [2.24, 2.45) is 0 Å². The molecule has 2 aromatic rings. The molecule has 2 bridgehead atoms. The van der Waals surface area contributed by atoms with Gasteiger partial charge < -0.3 is 20.1 Å². The lowest BCUT2D eigenvalue weighted by molar-refractivity contribution is 0.183. The SMILES string of the molecule is Cc1c2c(nn1[C@H]1CCOC1)OCC[C@@H](C)Nc1nc(ncc1Cl)N2. The number of rotatable bonds is 1. The Morgan fingerprint density at radius 1 is 1.32 bits per heavy atom. The molecule has 2 atom stereocenters. The summed E-state index contributed by atoms with van der Waals surface area (Å²) in [6.07, 6.45) is 3.34. The molecular weight excluding hydrogens is 344 g/mol. The smallest absolute Gasteiger partial charge is 0.257 e. The van der Waals surface area contributed by atoms with Gasteiger partial charge in [0, 0.05) is 19.1 Å². The van der Waals surface area contributed by atoms with Gasteiger partial charge in [-0.2, -0.15) is 4.98 Å². The lowest BCUT2D eigenvalue weighted by Crippen LogP contribution is -2.19. The van der Waals surface area contributed by atoms with E-state index in [-0.39, 0.29) is 12.1 Å². The molecule has 134 valence electrons. The van der Waals surface area contributed by atoms with Crippen LogP contribution in [-0.4, -0.2) is 45.6 Å². The lowest BCUT2D eigenvalue weighted by Gasteiger charge is -2.15. The molecule has 0 saturated carbocycles. The van der Waals surface area contributed by atoms with Crippen molar-refractivity contribution < 1.29 is 9.47 Å². The van der Waals surface area contributed by atoms with Crippen molar-refractivity contribution in [3.8, 4) is 5.88 Å². The number of fused-ring (bicyclic) bond motifs is 3. The fraction of sp³-hybridized carbons (Fsp3) is 0.562. The molecule has 4 rings (SSSR count). The average Bonchev–Trinajstić information content (AvgIpc) is 3.20. The van der Waals surface area contributed by atoms with Crippen LogP contribution in [0.1, 0.15) is 31.5 Å². The van der Waals surface area contributed by atoms with E-state index in [1.54, 1.807) is 6.20 Å². The highest BCUT2D eigenvalue weighted by molar-refractivity contribution is 6.32. The number of hydrogen-bond acceptors (Lipinski definition) is 7. The van der Waals surface area contributed by atoms with Gasteiger partial charge in [0.2, 0.25) is 5.95 Å². The summed E-state index contributed by atoms with van der Waals surface area (Å²) in [4.78, 5) is 8.76. The van der Waals surface area contributed by atoms with Crippen LogP contribution in [0.4, 0.5) is 17.5 Å². The zero-order valence-electron chi connectivity index (χ0n) is 14.3. The molecule has 8 nitrogen and oxygen atoms in total. The van der Waals surface area contributed by atoms with Gasteiger partial charge in [0.1, 0.15) is 10.7 Å². The Bertz CT molecular complexity index is 774. The minimum atomic E-state index is 0.160. The largest absolute Gasteiger partial charge is 0.475 e. The van der Waals surface area contributed by atoms with E-state index in [9.17, 15) is 0 Å². The summed E-state index contributed by atoms with van der Waals surface area (Å²) in [5, 5.41) is 11.7. The van der Waals surface area contributed by atoms with Gasteiger partial charge in [0.25, 0.3) is 5.88 Å². The van der Waals surface area contributed by atoms with Crippen LogP contribution >= 0.6 is 11.6 Å². The van der Waals surface area contributed by atoms with E-state index in [0.717, 1.165) is 30.8 Å². The highest BCUT2D eigenvalue weighted by Gasteiger charge is 2.26. The molecule has 0 amide bonds. The lowest BCUT2D eigenvalue weighted by atomic mass is 10.2. The fourth-order valence-electron chi connectivity index (χ4n) is 3.09. The van der Waals surface area contributed by atoms with Crippen LogP contribution in [0.25, 0.3) is 0 Å². The van der Waals surface area contributed by atoms with Crippen LogP contribution < -0.4 is 15.4 Å². The van der Waals surface area contributed by atoms with E-state index in [0.29, 0.717) is 35.9 Å². The molecule has 0 radical (unpaired) electrons. The van der Waals surface area contributed by atoms with Gasteiger partial charge in [-0.15, -0.1) is 5.10 Å². The Balaban J connectivity index is 1.74. The Kier molecular flexibility index (Phi) is 4.39. The van der Waals surface area contributed by atoms with E-state index in [4.69, 9.17) is 21.1 Å². The summed E-state index contributed by atoms with van der Waals surface area (Å²) >= 11 is 6.20. The van der Waals surface area contributed by atoms with E-state index in [2.05, 4.69) is 32.6 Å². The summed E-state index contributed by atoms with van der Waals surface area (Å²) in [5.41, 5.74) is 1.76. The minimum absolute atomic E-state index is 0.160. The van der Waals surface area contributed by atoms with Crippen molar-refractivity contribution in [1.82, 2.24) is 19.7 Å². The third-order valence-electron chi connectivity index (χ3n) is 4.52. The number of nitrogens with zero attached hydrogens (tertiary/aromatic N) is 4. The zero-order valence-corrected chi connectivity index (χ0v) is 15.0. The predicted octanol–water partition coefficient (Wildman–Crippen LogP) is 2.92. The van der Waals surface area contributed by atoms with Gasteiger partial charge in [0.05, 0.1) is 31.1 Å². The Labute approximate surface area is 150 Å². The summed E-state index contributed by atoms with van der Waals surface area (Å²) in [6.45, 7) is 6.05. The molecule has 2 aromatic heterocycles. The molecule has 9 heteroatoms. The highest BCUT2D eigenvalue weighted by Crippen LogP contribution is 2.34. The summed E-state index contributed by atoms with van der Waals surface area (Å²) in [7, 11) is 0. The van der Waals surface area contributed by atoms with Crippen LogP contribution in [-0.2, 0) is 4.74 Å². The first kappa shape index (κ1) is 16.4. The average molecular weight is 365 g/mol. The molecule has 0 spiro atoms. The van der Waals surface area contributed by atoms with Gasteiger partial charge in [-0.25, -0.2) is 4.98 Å². The summed E-state index contributed by atoms with van der Waals surface area (Å²) < 4.78 is 13.4. The molecule has 2 N–H and O–H groups in total. The van der Waals surface area contributed by atoms with E-state index in [1.807, 2.05) is 11.6 Å². The van der Waals surface area contributed by atoms with Gasteiger partial charge in [0.15, 0.2) is 5.82 Å². The maximum atomic E-state index is 6.20. The van der Waals surface area contributed by atoms with Crippen molar-refractivity contribution >= 4 is 29.1 Å². The molecule has 4 heterocycles. The third kappa shape index (κ3) is 3.23. The summed E-state index contributed by atoms with van der Waals surface area (Å²) in [5.74, 6) is 1.64. The number of halogens is 1. The Morgan fingerprint density at radius 2 is 2.20 bits per heavy atom. The first-order chi connectivity index (χ1) is 12.1. The number of hydrogen-bond donors (Lipinski definition) is 2. The first-order valence-corrected chi connectivity index (χ1v) is 8.85. The van der Waals surface area contributed by atoms with Gasteiger partial charge in [-0.3, -0.25) is 4.68 Å². The van der Waals surface area contributed by atoms with E-state index in [1.165, 1.54) is 0 Å². The highest BCUT2D eigenvalue weighted by atomic mass is 35.5.